The molecule has 0 spiro atoms. The van der Waals surface area contributed by atoms with Gasteiger partial charge in [0.15, 0.2) is 0 Å². The predicted molar refractivity (Wildman–Crippen MR) is 119 cm³/mol. The maximum atomic E-state index is 6.31. The van der Waals surface area contributed by atoms with E-state index in [4.69, 9.17) is 16.6 Å². The van der Waals surface area contributed by atoms with Crippen LogP contribution in [0.25, 0.3) is 28.0 Å². The second kappa shape index (κ2) is 7.99. The third-order valence-corrected chi connectivity index (χ3v) is 5.75. The first-order valence-electron chi connectivity index (χ1n) is 10.0. The monoisotopic (exact) mass is 402 g/mol. The molecular formula is C24H23ClN4. The van der Waals surface area contributed by atoms with Crippen molar-refractivity contribution in [3.05, 3.63) is 83.6 Å². The zero-order valence-electron chi connectivity index (χ0n) is 16.2. The number of fused-ring (bicyclic) bond motifs is 1. The molecular weight excluding hydrogens is 380 g/mol. The molecule has 4 aromatic rings. The lowest BCUT2D eigenvalue weighted by Gasteiger charge is -2.27. The van der Waals surface area contributed by atoms with Crippen LogP contribution in [0.5, 0.6) is 0 Å². The molecule has 0 atom stereocenters. The summed E-state index contributed by atoms with van der Waals surface area (Å²) in [5.74, 6) is 0. The number of hydrogen-bond donors (Lipinski definition) is 1. The van der Waals surface area contributed by atoms with Crippen LogP contribution in [0.1, 0.15) is 5.69 Å². The first-order valence-corrected chi connectivity index (χ1v) is 10.4. The van der Waals surface area contributed by atoms with Gasteiger partial charge in [0.2, 0.25) is 0 Å². The lowest BCUT2D eigenvalue weighted by Crippen LogP contribution is -2.43. The van der Waals surface area contributed by atoms with Crippen molar-refractivity contribution in [3.63, 3.8) is 0 Å². The van der Waals surface area contributed by atoms with Gasteiger partial charge in [-0.25, -0.2) is 4.98 Å². The summed E-state index contributed by atoms with van der Waals surface area (Å²) < 4.78 is 2.14. The Morgan fingerprint density at radius 3 is 2.28 bits per heavy atom. The first kappa shape index (κ1) is 18.4. The standard InChI is InChI=1S/C24H23ClN4/c25-21-10-11-23-27-24(22(29(23)16-21)17-28-14-12-26-13-15-28)20-8-6-19(7-9-20)18-4-2-1-3-5-18/h1-11,16,26H,12-15,17H2. The van der Waals surface area contributed by atoms with Gasteiger partial charge in [-0.05, 0) is 23.3 Å². The molecule has 29 heavy (non-hydrogen) atoms. The van der Waals surface area contributed by atoms with Crippen molar-refractivity contribution in [1.29, 1.82) is 0 Å². The maximum Gasteiger partial charge on any atom is 0.137 e. The molecule has 4 nitrogen and oxygen atoms in total. The van der Waals surface area contributed by atoms with E-state index in [2.05, 4.69) is 63.1 Å². The van der Waals surface area contributed by atoms with E-state index >= 15 is 0 Å². The Bertz CT molecular complexity index is 1110. The van der Waals surface area contributed by atoms with E-state index in [1.54, 1.807) is 0 Å². The molecule has 1 aliphatic heterocycles. The van der Waals surface area contributed by atoms with Gasteiger partial charge >= 0.3 is 0 Å². The van der Waals surface area contributed by atoms with Gasteiger partial charge in [-0.2, -0.15) is 0 Å². The Morgan fingerprint density at radius 1 is 0.828 bits per heavy atom. The molecule has 1 N–H and O–H groups in total. The van der Waals surface area contributed by atoms with E-state index in [1.165, 1.54) is 16.8 Å². The number of rotatable bonds is 4. The Morgan fingerprint density at radius 2 is 1.52 bits per heavy atom. The van der Waals surface area contributed by atoms with Crippen molar-refractivity contribution in [2.75, 3.05) is 26.2 Å². The van der Waals surface area contributed by atoms with Gasteiger partial charge in [0, 0.05) is 44.5 Å². The van der Waals surface area contributed by atoms with E-state index in [1.807, 2.05) is 24.4 Å². The summed E-state index contributed by atoms with van der Waals surface area (Å²) in [7, 11) is 0. The van der Waals surface area contributed by atoms with E-state index in [-0.39, 0.29) is 0 Å². The number of nitrogens with zero attached hydrogens (tertiary/aromatic N) is 3. The van der Waals surface area contributed by atoms with Crippen LogP contribution in [0.2, 0.25) is 5.02 Å². The van der Waals surface area contributed by atoms with Crippen molar-refractivity contribution in [1.82, 2.24) is 19.6 Å². The minimum atomic E-state index is 0.724. The Labute approximate surface area is 175 Å². The molecule has 1 fully saturated rings. The molecule has 0 aliphatic carbocycles. The SMILES string of the molecule is Clc1ccc2nc(-c3ccc(-c4ccccc4)cc3)c(CN3CCNCC3)n2c1. The molecule has 3 heterocycles. The number of nitrogens with one attached hydrogen (secondary N) is 1. The zero-order valence-corrected chi connectivity index (χ0v) is 16.9. The Kier molecular flexibility index (Phi) is 5.06. The smallest absolute Gasteiger partial charge is 0.137 e. The van der Waals surface area contributed by atoms with E-state index in [9.17, 15) is 0 Å². The fourth-order valence-corrected chi connectivity index (χ4v) is 4.14. The molecule has 0 radical (unpaired) electrons. The molecule has 2 aromatic carbocycles. The van der Waals surface area contributed by atoms with Gasteiger partial charge in [0.05, 0.1) is 16.4 Å². The van der Waals surface area contributed by atoms with E-state index < -0.39 is 0 Å². The third-order valence-electron chi connectivity index (χ3n) is 5.53. The number of hydrogen-bond acceptors (Lipinski definition) is 3. The van der Waals surface area contributed by atoms with Crippen LogP contribution in [0.15, 0.2) is 72.9 Å². The molecule has 0 bridgehead atoms. The van der Waals surface area contributed by atoms with Crippen LogP contribution in [-0.2, 0) is 6.54 Å². The summed E-state index contributed by atoms with van der Waals surface area (Å²) >= 11 is 6.31. The number of imidazole rings is 1. The molecule has 0 saturated carbocycles. The van der Waals surface area contributed by atoms with Crippen LogP contribution >= 0.6 is 11.6 Å². The minimum absolute atomic E-state index is 0.724. The molecule has 0 unspecified atom stereocenters. The zero-order chi connectivity index (χ0) is 19.6. The van der Waals surface area contributed by atoms with Gasteiger partial charge in [0.25, 0.3) is 0 Å². The minimum Gasteiger partial charge on any atom is -0.314 e. The fraction of sp³-hybridized carbons (Fsp3) is 0.208. The van der Waals surface area contributed by atoms with E-state index in [0.29, 0.717) is 0 Å². The average molecular weight is 403 g/mol. The molecule has 146 valence electrons. The van der Waals surface area contributed by atoms with Crippen molar-refractivity contribution in [3.8, 4) is 22.4 Å². The van der Waals surface area contributed by atoms with Crippen LogP contribution in [0, 0.1) is 0 Å². The highest BCUT2D eigenvalue weighted by atomic mass is 35.5. The highest BCUT2D eigenvalue weighted by Gasteiger charge is 2.19. The van der Waals surface area contributed by atoms with Gasteiger partial charge in [0.1, 0.15) is 5.65 Å². The number of halogens is 1. The molecule has 5 heteroatoms. The molecule has 1 saturated heterocycles. The summed E-state index contributed by atoms with van der Waals surface area (Å²) in [5.41, 5.74) is 6.73. The second-order valence-corrected chi connectivity index (χ2v) is 7.89. The van der Waals surface area contributed by atoms with Crippen LogP contribution in [0.3, 0.4) is 0 Å². The molecule has 1 aliphatic rings. The van der Waals surface area contributed by atoms with Gasteiger partial charge in [-0.1, -0.05) is 66.2 Å². The van der Waals surface area contributed by atoms with Gasteiger partial charge in [-0.15, -0.1) is 0 Å². The largest absolute Gasteiger partial charge is 0.314 e. The van der Waals surface area contributed by atoms with Crippen molar-refractivity contribution < 1.29 is 0 Å². The summed E-state index contributed by atoms with van der Waals surface area (Å²) in [6.07, 6.45) is 1.98. The molecule has 2 aromatic heterocycles. The maximum absolute atomic E-state index is 6.31. The van der Waals surface area contributed by atoms with Crippen LogP contribution in [-0.4, -0.2) is 40.5 Å². The second-order valence-electron chi connectivity index (χ2n) is 7.45. The van der Waals surface area contributed by atoms with Crippen molar-refractivity contribution in [2.24, 2.45) is 0 Å². The number of benzene rings is 2. The number of piperazine rings is 1. The van der Waals surface area contributed by atoms with E-state index in [0.717, 1.165) is 54.7 Å². The average Bonchev–Trinajstić information content (AvgIpc) is 3.13. The first-order chi connectivity index (χ1) is 14.3. The normalized spacial score (nSPS) is 15.1. The highest BCUT2D eigenvalue weighted by molar-refractivity contribution is 6.30. The third kappa shape index (κ3) is 3.79. The predicted octanol–water partition coefficient (Wildman–Crippen LogP) is 4.73. The summed E-state index contributed by atoms with van der Waals surface area (Å²) in [6.45, 7) is 5.00. The van der Waals surface area contributed by atoms with Crippen molar-refractivity contribution in [2.45, 2.75) is 6.54 Å². The quantitative estimate of drug-likeness (QED) is 0.535. The summed E-state index contributed by atoms with van der Waals surface area (Å²) in [5, 5.41) is 4.15. The van der Waals surface area contributed by atoms with Crippen molar-refractivity contribution >= 4 is 17.2 Å². The van der Waals surface area contributed by atoms with Crippen LogP contribution < -0.4 is 5.32 Å². The molecule has 5 rings (SSSR count). The van der Waals surface area contributed by atoms with Gasteiger partial charge < -0.3 is 9.72 Å². The fourth-order valence-electron chi connectivity index (χ4n) is 3.98. The highest BCUT2D eigenvalue weighted by Crippen LogP contribution is 2.29. The van der Waals surface area contributed by atoms with Gasteiger partial charge in [-0.3, -0.25) is 4.90 Å². The Hall–Kier alpha value is -2.66. The summed E-state index contributed by atoms with van der Waals surface area (Å²) in [4.78, 5) is 7.43. The summed E-state index contributed by atoms with van der Waals surface area (Å²) in [6, 6.07) is 23.1. The Balaban J connectivity index is 1.55. The lowest BCUT2D eigenvalue weighted by atomic mass is 10.0. The van der Waals surface area contributed by atoms with Crippen LogP contribution in [0.4, 0.5) is 0 Å². The number of aromatic nitrogens is 2. The number of pyridine rings is 1. The topological polar surface area (TPSA) is 32.6 Å². The molecule has 0 amide bonds. The lowest BCUT2D eigenvalue weighted by molar-refractivity contribution is 0.230.